The van der Waals surface area contributed by atoms with Crippen LogP contribution in [0.2, 0.25) is 5.02 Å². The van der Waals surface area contributed by atoms with Gasteiger partial charge in [0.1, 0.15) is 5.82 Å². The maximum atomic E-state index is 6.07. The Balaban J connectivity index is 2.53. The highest BCUT2D eigenvalue weighted by molar-refractivity contribution is 14.1. The summed E-state index contributed by atoms with van der Waals surface area (Å²) in [6.07, 6.45) is 0. The number of anilines is 1. The third-order valence-corrected chi connectivity index (χ3v) is 3.86. The van der Waals surface area contributed by atoms with Gasteiger partial charge in [-0.2, -0.15) is 5.10 Å². The van der Waals surface area contributed by atoms with Gasteiger partial charge in [0, 0.05) is 5.02 Å². The molecule has 2 rings (SSSR count). The monoisotopic (exact) mass is 361 g/mol. The van der Waals surface area contributed by atoms with Gasteiger partial charge in [-0.25, -0.2) is 4.68 Å². The molecule has 0 fully saturated rings. The lowest BCUT2D eigenvalue weighted by molar-refractivity contribution is 0.769. The van der Waals surface area contributed by atoms with Crippen molar-refractivity contribution in [3.8, 4) is 5.69 Å². The Morgan fingerprint density at radius 2 is 1.88 bits per heavy atom. The van der Waals surface area contributed by atoms with Gasteiger partial charge in [-0.1, -0.05) is 25.4 Å². The largest absolute Gasteiger partial charge is 0.383 e. The van der Waals surface area contributed by atoms with Crippen LogP contribution >= 0.6 is 34.2 Å². The molecule has 1 heterocycles. The van der Waals surface area contributed by atoms with Crippen LogP contribution in [-0.2, 0) is 0 Å². The fraction of sp³-hybridized carbons (Fsp3) is 0.250. The molecule has 90 valence electrons. The number of rotatable bonds is 2. The van der Waals surface area contributed by atoms with Crippen molar-refractivity contribution in [3.63, 3.8) is 0 Å². The Morgan fingerprint density at radius 3 is 2.35 bits per heavy atom. The molecule has 0 saturated carbocycles. The van der Waals surface area contributed by atoms with Crippen LogP contribution in [0.5, 0.6) is 0 Å². The molecular weight excluding hydrogens is 349 g/mol. The molecule has 5 heteroatoms. The van der Waals surface area contributed by atoms with E-state index in [1.54, 1.807) is 4.68 Å². The second-order valence-electron chi connectivity index (χ2n) is 4.13. The standard InChI is InChI=1S/C12H13ClIN3/c1-7(2)11-10(14)12(15)17(16-11)9-5-3-8(13)4-6-9/h3-7H,15H2,1-2H3. The first-order chi connectivity index (χ1) is 8.00. The molecule has 1 aromatic heterocycles. The molecule has 0 radical (unpaired) electrons. The summed E-state index contributed by atoms with van der Waals surface area (Å²) < 4.78 is 2.78. The van der Waals surface area contributed by atoms with E-state index in [2.05, 4.69) is 41.5 Å². The fourth-order valence-electron chi connectivity index (χ4n) is 1.58. The minimum Gasteiger partial charge on any atom is -0.383 e. The first kappa shape index (κ1) is 12.7. The summed E-state index contributed by atoms with van der Waals surface area (Å²) in [5.41, 5.74) is 8.02. The number of nitrogens with two attached hydrogens (primary N) is 1. The van der Waals surface area contributed by atoms with Crippen LogP contribution < -0.4 is 5.73 Å². The quantitative estimate of drug-likeness (QED) is 0.826. The molecule has 17 heavy (non-hydrogen) atoms. The molecule has 2 N–H and O–H groups in total. The lowest BCUT2D eigenvalue weighted by atomic mass is 10.1. The first-order valence-electron chi connectivity index (χ1n) is 5.30. The summed E-state index contributed by atoms with van der Waals surface area (Å²) in [7, 11) is 0. The van der Waals surface area contributed by atoms with Gasteiger partial charge >= 0.3 is 0 Å². The highest BCUT2D eigenvalue weighted by atomic mass is 127. The summed E-state index contributed by atoms with van der Waals surface area (Å²) in [4.78, 5) is 0. The number of aromatic nitrogens is 2. The third-order valence-electron chi connectivity index (χ3n) is 2.50. The van der Waals surface area contributed by atoms with Crippen molar-refractivity contribution in [1.29, 1.82) is 0 Å². The summed E-state index contributed by atoms with van der Waals surface area (Å²) in [5, 5.41) is 5.26. The Labute approximate surface area is 119 Å². The Hall–Kier alpha value is -0.750. The molecule has 0 bridgehead atoms. The third kappa shape index (κ3) is 2.42. The Kier molecular flexibility index (Phi) is 3.63. The van der Waals surface area contributed by atoms with Gasteiger partial charge < -0.3 is 5.73 Å². The highest BCUT2D eigenvalue weighted by Gasteiger charge is 2.16. The van der Waals surface area contributed by atoms with E-state index in [4.69, 9.17) is 17.3 Å². The number of hydrogen-bond donors (Lipinski definition) is 1. The van der Waals surface area contributed by atoms with Crippen molar-refractivity contribution in [2.75, 3.05) is 5.73 Å². The van der Waals surface area contributed by atoms with Crippen molar-refractivity contribution >= 4 is 40.0 Å². The predicted molar refractivity (Wildman–Crippen MR) is 79.8 cm³/mol. The second kappa shape index (κ2) is 4.86. The average molecular weight is 362 g/mol. The van der Waals surface area contributed by atoms with Crippen molar-refractivity contribution in [2.24, 2.45) is 0 Å². The van der Waals surface area contributed by atoms with Crippen LogP contribution in [0.3, 0.4) is 0 Å². The van der Waals surface area contributed by atoms with Crippen molar-refractivity contribution in [2.45, 2.75) is 19.8 Å². The van der Waals surface area contributed by atoms with Gasteiger partial charge in [-0.05, 0) is 52.8 Å². The molecule has 0 spiro atoms. The van der Waals surface area contributed by atoms with Gasteiger partial charge in [0.05, 0.1) is 15.0 Å². The van der Waals surface area contributed by atoms with Crippen molar-refractivity contribution in [1.82, 2.24) is 9.78 Å². The highest BCUT2D eigenvalue weighted by Crippen LogP contribution is 2.27. The smallest absolute Gasteiger partial charge is 0.141 e. The topological polar surface area (TPSA) is 43.8 Å². The lowest BCUT2D eigenvalue weighted by Crippen LogP contribution is -2.02. The number of benzene rings is 1. The maximum absolute atomic E-state index is 6.07. The normalized spacial score (nSPS) is 11.1. The molecule has 0 aliphatic heterocycles. The van der Waals surface area contributed by atoms with Crippen molar-refractivity contribution < 1.29 is 0 Å². The fourth-order valence-corrected chi connectivity index (χ4v) is 2.66. The molecule has 0 atom stereocenters. The van der Waals surface area contributed by atoms with Crippen LogP contribution in [0.4, 0.5) is 5.82 Å². The van der Waals surface area contributed by atoms with Crippen LogP contribution in [0.25, 0.3) is 5.69 Å². The zero-order valence-electron chi connectivity index (χ0n) is 9.61. The molecule has 0 aliphatic carbocycles. The van der Waals surface area contributed by atoms with Gasteiger partial charge in [-0.3, -0.25) is 0 Å². The van der Waals surface area contributed by atoms with Crippen molar-refractivity contribution in [3.05, 3.63) is 38.6 Å². The van der Waals surface area contributed by atoms with Crippen LogP contribution in [-0.4, -0.2) is 9.78 Å². The van der Waals surface area contributed by atoms with Crippen LogP contribution in [0.15, 0.2) is 24.3 Å². The molecule has 3 nitrogen and oxygen atoms in total. The average Bonchev–Trinajstić information content (AvgIpc) is 2.58. The minimum atomic E-state index is 0.359. The summed E-state index contributed by atoms with van der Waals surface area (Å²) in [5.74, 6) is 1.04. The molecular formula is C12H13ClIN3. The zero-order chi connectivity index (χ0) is 12.6. The first-order valence-corrected chi connectivity index (χ1v) is 6.76. The van der Waals surface area contributed by atoms with E-state index >= 15 is 0 Å². The summed E-state index contributed by atoms with van der Waals surface area (Å²) >= 11 is 8.10. The van der Waals surface area contributed by atoms with Crippen LogP contribution in [0, 0.1) is 3.57 Å². The minimum absolute atomic E-state index is 0.359. The predicted octanol–water partition coefficient (Wildman–Crippen LogP) is 3.84. The Morgan fingerprint density at radius 1 is 1.29 bits per heavy atom. The van der Waals surface area contributed by atoms with Crippen LogP contribution in [0.1, 0.15) is 25.5 Å². The van der Waals surface area contributed by atoms with E-state index < -0.39 is 0 Å². The number of nitrogens with zero attached hydrogens (tertiary/aromatic N) is 2. The molecule has 0 saturated heterocycles. The van der Waals surface area contributed by atoms with E-state index in [1.807, 2.05) is 24.3 Å². The van der Waals surface area contributed by atoms with E-state index in [0.29, 0.717) is 16.8 Å². The molecule has 0 unspecified atom stereocenters. The number of hydrogen-bond acceptors (Lipinski definition) is 2. The molecule has 1 aromatic carbocycles. The lowest BCUT2D eigenvalue weighted by Gasteiger charge is -2.03. The van der Waals surface area contributed by atoms with Gasteiger partial charge in [0.15, 0.2) is 0 Å². The second-order valence-corrected chi connectivity index (χ2v) is 5.64. The maximum Gasteiger partial charge on any atom is 0.141 e. The molecule has 0 amide bonds. The van der Waals surface area contributed by atoms with E-state index in [9.17, 15) is 0 Å². The van der Waals surface area contributed by atoms with E-state index in [1.165, 1.54) is 0 Å². The number of halogens is 2. The van der Waals surface area contributed by atoms with E-state index in [-0.39, 0.29) is 0 Å². The molecule has 2 aromatic rings. The molecule has 0 aliphatic rings. The van der Waals surface area contributed by atoms with Gasteiger partial charge in [0.25, 0.3) is 0 Å². The SMILES string of the molecule is CC(C)c1nn(-c2ccc(Cl)cc2)c(N)c1I. The summed E-state index contributed by atoms with van der Waals surface area (Å²) in [6.45, 7) is 4.21. The van der Waals surface area contributed by atoms with Gasteiger partial charge in [0.2, 0.25) is 0 Å². The number of nitrogen functional groups attached to an aromatic ring is 1. The summed E-state index contributed by atoms with van der Waals surface area (Å²) in [6, 6.07) is 7.48. The Bertz CT molecular complexity index is 531. The van der Waals surface area contributed by atoms with Gasteiger partial charge in [-0.15, -0.1) is 0 Å². The van der Waals surface area contributed by atoms with E-state index in [0.717, 1.165) is 15.0 Å². The zero-order valence-corrected chi connectivity index (χ0v) is 12.5.